The predicted octanol–water partition coefficient (Wildman–Crippen LogP) is 4.25. The number of anilines is 1. The molecule has 0 atom stereocenters. The molecule has 1 N–H and O–H groups in total. The summed E-state index contributed by atoms with van der Waals surface area (Å²) >= 11 is 0. The highest BCUT2D eigenvalue weighted by Crippen LogP contribution is 2.21. The molecule has 3 rings (SSSR count). The maximum Gasteiger partial charge on any atom is 0.203 e. The van der Waals surface area contributed by atoms with Crippen molar-refractivity contribution in [2.24, 2.45) is 7.05 Å². The molecule has 0 aliphatic rings. The number of fused-ring (bicyclic) bond motifs is 1. The van der Waals surface area contributed by atoms with E-state index in [1.165, 1.54) is 6.07 Å². The summed E-state index contributed by atoms with van der Waals surface area (Å²) in [7, 11) is 1.88. The van der Waals surface area contributed by atoms with Crippen molar-refractivity contribution in [1.29, 1.82) is 0 Å². The van der Waals surface area contributed by atoms with Gasteiger partial charge in [0.1, 0.15) is 5.52 Å². The molecule has 0 saturated heterocycles. The Balaban J connectivity index is 1.77. The Morgan fingerprint density at radius 1 is 1.12 bits per heavy atom. The van der Waals surface area contributed by atoms with Gasteiger partial charge in [0.15, 0.2) is 5.82 Å². The molecule has 0 spiro atoms. The molecule has 0 saturated carbocycles. The fourth-order valence-electron chi connectivity index (χ4n) is 2.71. The summed E-state index contributed by atoms with van der Waals surface area (Å²) in [5.74, 6) is 0.351. The Bertz CT molecular complexity index is 829. The first-order chi connectivity index (χ1) is 11.7. The number of ether oxygens (including phenoxy) is 1. The molecule has 0 radical (unpaired) electrons. The first kappa shape index (κ1) is 16.5. The van der Waals surface area contributed by atoms with Crippen molar-refractivity contribution in [2.45, 2.75) is 26.5 Å². The number of aromatic nitrogens is 2. The smallest absolute Gasteiger partial charge is 0.203 e. The molecule has 0 bridgehead atoms. The second-order valence-corrected chi connectivity index (χ2v) is 5.78. The van der Waals surface area contributed by atoms with Gasteiger partial charge in [-0.2, -0.15) is 0 Å². The Labute approximate surface area is 141 Å². The zero-order valence-electron chi connectivity index (χ0n) is 14.1. The summed E-state index contributed by atoms with van der Waals surface area (Å²) in [6.45, 7) is 4.07. The Hall–Kier alpha value is -2.40. The van der Waals surface area contributed by atoms with Crippen LogP contribution in [-0.4, -0.2) is 16.2 Å². The second-order valence-electron chi connectivity index (χ2n) is 5.78. The summed E-state index contributed by atoms with van der Waals surface area (Å²) in [5.41, 5.74) is 3.48. The van der Waals surface area contributed by atoms with E-state index in [0.717, 1.165) is 29.7 Å². The molecular formula is C19H22FN3O. The lowest BCUT2D eigenvalue weighted by molar-refractivity contribution is 0.121. The highest BCUT2D eigenvalue weighted by molar-refractivity contribution is 5.79. The zero-order valence-corrected chi connectivity index (χ0v) is 14.1. The number of nitrogens with one attached hydrogen (secondary N) is 1. The number of aryl methyl sites for hydroxylation is 1. The Morgan fingerprint density at radius 3 is 2.67 bits per heavy atom. The van der Waals surface area contributed by atoms with E-state index in [-0.39, 0.29) is 5.82 Å². The summed E-state index contributed by atoms with van der Waals surface area (Å²) in [6.07, 6.45) is 1.01. The van der Waals surface area contributed by atoms with Gasteiger partial charge in [-0.05, 0) is 29.7 Å². The van der Waals surface area contributed by atoms with E-state index in [0.29, 0.717) is 24.6 Å². The molecule has 0 amide bonds. The Kier molecular flexibility index (Phi) is 5.11. The van der Waals surface area contributed by atoms with Crippen molar-refractivity contribution in [1.82, 2.24) is 9.55 Å². The van der Waals surface area contributed by atoms with Crippen molar-refractivity contribution in [3.05, 3.63) is 59.4 Å². The molecule has 3 aromatic rings. The molecule has 0 fully saturated rings. The quantitative estimate of drug-likeness (QED) is 0.659. The fourth-order valence-corrected chi connectivity index (χ4v) is 2.71. The maximum atomic E-state index is 13.9. The maximum absolute atomic E-state index is 13.9. The van der Waals surface area contributed by atoms with Crippen molar-refractivity contribution in [3.8, 4) is 0 Å². The van der Waals surface area contributed by atoms with Gasteiger partial charge >= 0.3 is 0 Å². The van der Waals surface area contributed by atoms with Crippen molar-refractivity contribution >= 4 is 17.0 Å². The third-order valence-electron chi connectivity index (χ3n) is 4.02. The molecule has 5 heteroatoms. The normalized spacial score (nSPS) is 11.1. The standard InChI is InChI=1S/C19H22FN3O/c1-3-11-24-13-15-8-5-4-7-14(15)12-21-19-22-18-16(20)9-6-10-17(18)23(19)2/h4-10H,3,11-13H2,1-2H3,(H,21,22). The van der Waals surface area contributed by atoms with Gasteiger partial charge in [-0.3, -0.25) is 0 Å². The topological polar surface area (TPSA) is 39.1 Å². The highest BCUT2D eigenvalue weighted by atomic mass is 19.1. The minimum atomic E-state index is -0.301. The van der Waals surface area contributed by atoms with Crippen LogP contribution in [0.15, 0.2) is 42.5 Å². The second kappa shape index (κ2) is 7.45. The number of halogens is 1. The highest BCUT2D eigenvalue weighted by Gasteiger charge is 2.11. The third-order valence-corrected chi connectivity index (χ3v) is 4.02. The number of hydrogen-bond donors (Lipinski definition) is 1. The van der Waals surface area contributed by atoms with Crippen LogP contribution in [0.25, 0.3) is 11.0 Å². The average Bonchev–Trinajstić information content (AvgIpc) is 2.92. The molecule has 0 unspecified atom stereocenters. The van der Waals surface area contributed by atoms with Gasteiger partial charge in [-0.25, -0.2) is 9.37 Å². The van der Waals surface area contributed by atoms with Crippen LogP contribution in [0.2, 0.25) is 0 Å². The summed E-state index contributed by atoms with van der Waals surface area (Å²) in [6, 6.07) is 13.2. The van der Waals surface area contributed by atoms with Crippen LogP contribution >= 0.6 is 0 Å². The van der Waals surface area contributed by atoms with E-state index in [9.17, 15) is 4.39 Å². The van der Waals surface area contributed by atoms with Gasteiger partial charge in [-0.15, -0.1) is 0 Å². The molecule has 2 aromatic carbocycles. The van der Waals surface area contributed by atoms with Crippen LogP contribution < -0.4 is 5.32 Å². The molecule has 0 aliphatic heterocycles. The van der Waals surface area contributed by atoms with Gasteiger partial charge in [0.25, 0.3) is 0 Å². The van der Waals surface area contributed by atoms with E-state index in [4.69, 9.17) is 4.74 Å². The van der Waals surface area contributed by atoms with Gasteiger partial charge in [-0.1, -0.05) is 37.3 Å². The molecule has 1 aromatic heterocycles. The lowest BCUT2D eigenvalue weighted by atomic mass is 10.1. The molecular weight excluding hydrogens is 305 g/mol. The SMILES string of the molecule is CCCOCc1ccccc1CNc1nc2c(F)cccc2n1C. The average molecular weight is 327 g/mol. The summed E-state index contributed by atoms with van der Waals surface area (Å²) in [4.78, 5) is 4.38. The van der Waals surface area contributed by atoms with Crippen molar-refractivity contribution < 1.29 is 9.13 Å². The minimum absolute atomic E-state index is 0.301. The van der Waals surface area contributed by atoms with E-state index in [2.05, 4.69) is 29.4 Å². The molecule has 0 aliphatic carbocycles. The van der Waals surface area contributed by atoms with E-state index < -0.39 is 0 Å². The van der Waals surface area contributed by atoms with E-state index in [1.807, 2.05) is 29.8 Å². The third kappa shape index (κ3) is 3.41. The van der Waals surface area contributed by atoms with Crippen LogP contribution in [-0.2, 0) is 24.9 Å². The number of rotatable bonds is 7. The predicted molar refractivity (Wildman–Crippen MR) is 94.4 cm³/mol. The van der Waals surface area contributed by atoms with E-state index in [1.54, 1.807) is 6.07 Å². The largest absolute Gasteiger partial charge is 0.377 e. The first-order valence-corrected chi connectivity index (χ1v) is 8.20. The lowest BCUT2D eigenvalue weighted by Gasteiger charge is -2.11. The van der Waals surface area contributed by atoms with Crippen LogP contribution in [0, 0.1) is 5.82 Å². The van der Waals surface area contributed by atoms with Crippen molar-refractivity contribution in [3.63, 3.8) is 0 Å². The van der Waals surface area contributed by atoms with Gasteiger partial charge in [0.05, 0.1) is 12.1 Å². The minimum Gasteiger partial charge on any atom is -0.377 e. The molecule has 126 valence electrons. The fraction of sp³-hybridized carbons (Fsp3) is 0.316. The number of nitrogens with zero attached hydrogens (tertiary/aromatic N) is 2. The summed E-state index contributed by atoms with van der Waals surface area (Å²) in [5, 5.41) is 3.31. The number of hydrogen-bond acceptors (Lipinski definition) is 3. The van der Waals surface area contributed by atoms with Gasteiger partial charge in [0.2, 0.25) is 5.95 Å². The Morgan fingerprint density at radius 2 is 1.92 bits per heavy atom. The summed E-state index contributed by atoms with van der Waals surface area (Å²) < 4.78 is 21.4. The van der Waals surface area contributed by atoms with E-state index >= 15 is 0 Å². The van der Waals surface area contributed by atoms with Crippen molar-refractivity contribution in [2.75, 3.05) is 11.9 Å². The van der Waals surface area contributed by atoms with Crippen LogP contribution in [0.5, 0.6) is 0 Å². The first-order valence-electron chi connectivity index (χ1n) is 8.20. The van der Waals surface area contributed by atoms with Crippen LogP contribution in [0.4, 0.5) is 10.3 Å². The lowest BCUT2D eigenvalue weighted by Crippen LogP contribution is -2.07. The van der Waals surface area contributed by atoms with Gasteiger partial charge < -0.3 is 14.6 Å². The monoisotopic (exact) mass is 327 g/mol. The molecule has 4 nitrogen and oxygen atoms in total. The molecule has 24 heavy (non-hydrogen) atoms. The van der Waals surface area contributed by atoms with Gasteiger partial charge in [0, 0.05) is 20.2 Å². The molecule has 1 heterocycles. The zero-order chi connectivity index (χ0) is 16.9. The number of para-hydroxylation sites is 1. The number of imidazole rings is 1. The van der Waals surface area contributed by atoms with Crippen LogP contribution in [0.1, 0.15) is 24.5 Å². The number of benzene rings is 2. The van der Waals surface area contributed by atoms with Crippen LogP contribution in [0.3, 0.4) is 0 Å².